The molecule has 0 spiro atoms. The fourth-order valence-corrected chi connectivity index (χ4v) is 3.96. The van der Waals surface area contributed by atoms with Gasteiger partial charge >= 0.3 is 5.97 Å². The molecule has 1 saturated heterocycles. The van der Waals surface area contributed by atoms with Gasteiger partial charge in [0.15, 0.2) is 0 Å². The summed E-state index contributed by atoms with van der Waals surface area (Å²) in [6, 6.07) is 8.91. The molecule has 0 aliphatic carbocycles. The van der Waals surface area contributed by atoms with Gasteiger partial charge < -0.3 is 19.4 Å². The van der Waals surface area contributed by atoms with Gasteiger partial charge in [0.2, 0.25) is 0 Å². The smallest absolute Gasteiger partial charge is 0.328 e. The zero-order valence-electron chi connectivity index (χ0n) is 19.2. The highest BCUT2D eigenvalue weighted by Gasteiger charge is 2.26. The van der Waals surface area contributed by atoms with Crippen molar-refractivity contribution in [3.63, 3.8) is 0 Å². The largest absolute Gasteiger partial charge is 0.472 e. The molecular weight excluding hydrogens is 422 g/mol. The number of piperazine rings is 1. The Labute approximate surface area is 192 Å². The van der Waals surface area contributed by atoms with Crippen LogP contribution in [0, 0.1) is 5.92 Å². The second-order valence-corrected chi connectivity index (χ2v) is 8.48. The van der Waals surface area contributed by atoms with Crippen LogP contribution in [0.3, 0.4) is 0 Å². The van der Waals surface area contributed by atoms with Crippen LogP contribution in [0.25, 0.3) is 10.9 Å². The van der Waals surface area contributed by atoms with Crippen LogP contribution in [-0.4, -0.2) is 71.0 Å². The fourth-order valence-electron chi connectivity index (χ4n) is 3.96. The van der Waals surface area contributed by atoms with E-state index in [9.17, 15) is 9.59 Å². The number of benzene rings is 1. The molecule has 0 unspecified atom stereocenters. The zero-order chi connectivity index (χ0) is 23.4. The number of fused-ring (bicyclic) bond motifs is 1. The predicted molar refractivity (Wildman–Crippen MR) is 124 cm³/mol. The summed E-state index contributed by atoms with van der Waals surface area (Å²) < 4.78 is 10.0. The van der Waals surface area contributed by atoms with E-state index in [0.717, 1.165) is 24.0 Å². The van der Waals surface area contributed by atoms with Crippen molar-refractivity contribution in [3.8, 4) is 0 Å². The molecule has 1 amide bonds. The molecule has 1 N–H and O–H groups in total. The molecule has 9 heteroatoms. The monoisotopic (exact) mass is 451 g/mol. The van der Waals surface area contributed by atoms with Gasteiger partial charge in [-0.05, 0) is 24.1 Å². The Morgan fingerprint density at radius 3 is 2.55 bits per heavy atom. The SMILES string of the molecule is COC(=O)[C@@H](Nc1nc(CN2CCN(C(=O)c3ccoc3)CC2)nc2ccccc12)C(C)C. The summed E-state index contributed by atoms with van der Waals surface area (Å²) in [6.07, 6.45) is 2.99. The molecule has 1 aliphatic heterocycles. The van der Waals surface area contributed by atoms with E-state index in [0.29, 0.717) is 36.8 Å². The third kappa shape index (κ3) is 5.14. The molecule has 0 saturated carbocycles. The second-order valence-electron chi connectivity index (χ2n) is 8.48. The van der Waals surface area contributed by atoms with Crippen molar-refractivity contribution in [2.24, 2.45) is 5.92 Å². The first-order chi connectivity index (χ1) is 16.0. The Morgan fingerprint density at radius 2 is 1.88 bits per heavy atom. The van der Waals surface area contributed by atoms with E-state index in [-0.39, 0.29) is 17.8 Å². The van der Waals surface area contributed by atoms with E-state index in [1.54, 1.807) is 6.07 Å². The number of rotatable bonds is 7. The number of carbonyl (C=O) groups excluding carboxylic acids is 2. The van der Waals surface area contributed by atoms with Gasteiger partial charge in [0.25, 0.3) is 5.91 Å². The number of para-hydroxylation sites is 1. The molecule has 0 radical (unpaired) electrons. The minimum atomic E-state index is -0.515. The van der Waals surface area contributed by atoms with E-state index in [4.69, 9.17) is 19.1 Å². The number of hydrogen-bond donors (Lipinski definition) is 1. The molecule has 2 aromatic heterocycles. The van der Waals surface area contributed by atoms with Crippen LogP contribution in [-0.2, 0) is 16.1 Å². The number of methoxy groups -OCH3 is 1. The summed E-state index contributed by atoms with van der Waals surface area (Å²) in [5.41, 5.74) is 1.38. The van der Waals surface area contributed by atoms with Crippen LogP contribution < -0.4 is 5.32 Å². The third-order valence-electron chi connectivity index (χ3n) is 5.86. The minimum Gasteiger partial charge on any atom is -0.472 e. The first kappa shape index (κ1) is 22.7. The molecule has 33 heavy (non-hydrogen) atoms. The maximum absolute atomic E-state index is 12.5. The summed E-state index contributed by atoms with van der Waals surface area (Å²) in [7, 11) is 1.39. The van der Waals surface area contributed by atoms with Gasteiger partial charge in [-0.3, -0.25) is 9.69 Å². The maximum Gasteiger partial charge on any atom is 0.328 e. The Balaban J connectivity index is 1.49. The van der Waals surface area contributed by atoms with E-state index >= 15 is 0 Å². The standard InChI is InChI=1S/C24H29N5O4/c1-16(2)21(24(31)32-3)27-22-18-6-4-5-7-19(18)25-20(26-22)14-28-9-11-29(12-10-28)23(30)17-8-13-33-15-17/h4-8,13,15-16,21H,9-12,14H2,1-3H3,(H,25,26,27)/t21-/m0/s1. The van der Waals surface area contributed by atoms with E-state index in [1.165, 1.54) is 19.6 Å². The van der Waals surface area contributed by atoms with E-state index in [2.05, 4.69) is 10.2 Å². The first-order valence-corrected chi connectivity index (χ1v) is 11.1. The maximum atomic E-state index is 12.5. The summed E-state index contributed by atoms with van der Waals surface area (Å²) in [5, 5.41) is 4.13. The van der Waals surface area contributed by atoms with Gasteiger partial charge in [0, 0.05) is 31.6 Å². The molecule has 3 aromatic rings. The molecule has 1 aromatic carbocycles. The summed E-state index contributed by atoms with van der Waals surface area (Å²) >= 11 is 0. The van der Waals surface area contributed by atoms with Crippen LogP contribution in [0.5, 0.6) is 0 Å². The van der Waals surface area contributed by atoms with Crippen molar-refractivity contribution < 1.29 is 18.7 Å². The zero-order valence-corrected chi connectivity index (χ0v) is 19.2. The van der Waals surface area contributed by atoms with Crippen LogP contribution >= 0.6 is 0 Å². The molecule has 1 aliphatic rings. The number of nitrogens with zero attached hydrogens (tertiary/aromatic N) is 4. The van der Waals surface area contributed by atoms with Gasteiger partial charge in [0.1, 0.15) is 23.9 Å². The van der Waals surface area contributed by atoms with Crippen LogP contribution in [0.4, 0.5) is 5.82 Å². The van der Waals surface area contributed by atoms with Gasteiger partial charge in [-0.15, -0.1) is 0 Å². The number of amides is 1. The van der Waals surface area contributed by atoms with Crippen molar-refractivity contribution in [2.75, 3.05) is 38.6 Å². The lowest BCUT2D eigenvalue weighted by Crippen LogP contribution is -2.48. The number of carbonyl (C=O) groups is 2. The molecule has 9 nitrogen and oxygen atoms in total. The lowest BCUT2D eigenvalue weighted by Gasteiger charge is -2.34. The highest BCUT2D eigenvalue weighted by molar-refractivity contribution is 5.94. The molecule has 3 heterocycles. The number of aromatic nitrogens is 2. The van der Waals surface area contributed by atoms with Crippen LogP contribution in [0.1, 0.15) is 30.0 Å². The van der Waals surface area contributed by atoms with Crippen molar-refractivity contribution in [3.05, 3.63) is 54.2 Å². The van der Waals surface area contributed by atoms with Crippen LogP contribution in [0.2, 0.25) is 0 Å². The van der Waals surface area contributed by atoms with Crippen molar-refractivity contribution in [1.29, 1.82) is 0 Å². The van der Waals surface area contributed by atoms with Crippen molar-refractivity contribution in [2.45, 2.75) is 26.4 Å². The lowest BCUT2D eigenvalue weighted by atomic mass is 10.0. The van der Waals surface area contributed by atoms with Gasteiger partial charge in [-0.2, -0.15) is 0 Å². The summed E-state index contributed by atoms with van der Waals surface area (Å²) in [4.78, 5) is 38.4. The summed E-state index contributed by atoms with van der Waals surface area (Å²) in [5.74, 6) is 0.967. The van der Waals surface area contributed by atoms with E-state index in [1.807, 2.05) is 43.0 Å². The second kappa shape index (κ2) is 9.99. The first-order valence-electron chi connectivity index (χ1n) is 11.1. The normalized spacial score (nSPS) is 15.6. The van der Waals surface area contributed by atoms with E-state index < -0.39 is 6.04 Å². The lowest BCUT2D eigenvalue weighted by molar-refractivity contribution is -0.142. The molecule has 1 atom stereocenters. The van der Waals surface area contributed by atoms with Gasteiger partial charge in [0.05, 0.1) is 31.0 Å². The highest BCUT2D eigenvalue weighted by Crippen LogP contribution is 2.23. The number of furan rings is 1. The topological polar surface area (TPSA) is 101 Å². The third-order valence-corrected chi connectivity index (χ3v) is 5.86. The molecule has 4 rings (SSSR count). The number of anilines is 1. The average molecular weight is 452 g/mol. The average Bonchev–Trinajstić information content (AvgIpc) is 3.37. The number of esters is 1. The predicted octanol–water partition coefficient (Wildman–Crippen LogP) is 2.79. The quantitative estimate of drug-likeness (QED) is 0.548. The van der Waals surface area contributed by atoms with Gasteiger partial charge in [-0.1, -0.05) is 26.0 Å². The van der Waals surface area contributed by atoms with Crippen molar-refractivity contribution >= 4 is 28.6 Å². The molecule has 0 bridgehead atoms. The number of hydrogen-bond acceptors (Lipinski definition) is 8. The van der Waals surface area contributed by atoms with Crippen molar-refractivity contribution in [1.82, 2.24) is 19.8 Å². The minimum absolute atomic E-state index is 0.0145. The Bertz CT molecular complexity index is 1110. The Kier molecular flexibility index (Phi) is 6.88. The molecular formula is C24H29N5O4. The molecule has 1 fully saturated rings. The number of ether oxygens (including phenoxy) is 1. The van der Waals surface area contributed by atoms with Gasteiger partial charge in [-0.25, -0.2) is 14.8 Å². The fraction of sp³-hybridized carbons (Fsp3) is 0.417. The Hall–Kier alpha value is -3.46. The summed E-state index contributed by atoms with van der Waals surface area (Å²) in [6.45, 7) is 7.17. The Morgan fingerprint density at radius 1 is 1.12 bits per heavy atom. The van der Waals surface area contributed by atoms with Crippen LogP contribution in [0.15, 0.2) is 47.3 Å². The number of nitrogens with one attached hydrogen (secondary N) is 1. The molecule has 174 valence electrons. The highest BCUT2D eigenvalue weighted by atomic mass is 16.5.